The van der Waals surface area contributed by atoms with Crippen LogP contribution in [-0.2, 0) is 6.42 Å². The molecule has 0 aliphatic rings. The molecule has 0 amide bonds. The van der Waals surface area contributed by atoms with Gasteiger partial charge < -0.3 is 15.5 Å². The third kappa shape index (κ3) is 3.31. The molecule has 3 N–H and O–H groups in total. The Hall–Kier alpha value is -1.99. The molecule has 0 spiro atoms. The fourth-order valence-electron chi connectivity index (χ4n) is 1.67. The Morgan fingerprint density at radius 2 is 2.25 bits per heavy atom. The highest BCUT2D eigenvalue weighted by atomic mass is 19.1. The van der Waals surface area contributed by atoms with Gasteiger partial charge >= 0.3 is 0 Å². The van der Waals surface area contributed by atoms with Crippen LogP contribution in [0.15, 0.2) is 24.4 Å². The molecule has 1 aromatic carbocycles. The molecule has 0 saturated heterocycles. The van der Waals surface area contributed by atoms with Crippen molar-refractivity contribution in [3.05, 3.63) is 35.9 Å². The van der Waals surface area contributed by atoms with Crippen LogP contribution in [0, 0.1) is 5.82 Å². The van der Waals surface area contributed by atoms with Gasteiger partial charge in [0.2, 0.25) is 0 Å². The number of nitrogens with zero attached hydrogens (tertiary/aromatic N) is 3. The van der Waals surface area contributed by atoms with E-state index in [-0.39, 0.29) is 18.8 Å². The Morgan fingerprint density at radius 3 is 2.85 bits per heavy atom. The van der Waals surface area contributed by atoms with Gasteiger partial charge in [-0.3, -0.25) is 0 Å². The van der Waals surface area contributed by atoms with Gasteiger partial charge in [0.25, 0.3) is 0 Å². The predicted octanol–water partition coefficient (Wildman–Crippen LogP) is 0.734. The molecular formula is C13H17FN4O2. The summed E-state index contributed by atoms with van der Waals surface area (Å²) >= 11 is 0. The summed E-state index contributed by atoms with van der Waals surface area (Å²) < 4.78 is 15.4. The Morgan fingerprint density at radius 1 is 1.45 bits per heavy atom. The second kappa shape index (κ2) is 6.44. The van der Waals surface area contributed by atoms with E-state index in [9.17, 15) is 9.50 Å². The SMILES string of the molecule is CCc1cn(-c2ccc(NCC(O)CO)c(F)c2)nn1. The summed E-state index contributed by atoms with van der Waals surface area (Å²) in [5, 5.41) is 28.5. The molecular weight excluding hydrogens is 263 g/mol. The number of benzene rings is 1. The van der Waals surface area contributed by atoms with Gasteiger partial charge in [-0.15, -0.1) is 5.10 Å². The monoisotopic (exact) mass is 280 g/mol. The molecule has 0 saturated carbocycles. The molecule has 20 heavy (non-hydrogen) atoms. The van der Waals surface area contributed by atoms with Crippen molar-refractivity contribution in [2.24, 2.45) is 0 Å². The smallest absolute Gasteiger partial charge is 0.148 e. The van der Waals surface area contributed by atoms with Crippen molar-refractivity contribution in [3.8, 4) is 5.69 Å². The third-order valence-corrected chi connectivity index (χ3v) is 2.86. The van der Waals surface area contributed by atoms with Crippen LogP contribution in [-0.4, -0.2) is 44.5 Å². The van der Waals surface area contributed by atoms with Crippen molar-refractivity contribution in [2.75, 3.05) is 18.5 Å². The zero-order chi connectivity index (χ0) is 14.5. The summed E-state index contributed by atoms with van der Waals surface area (Å²) in [6.07, 6.45) is 1.59. The van der Waals surface area contributed by atoms with Gasteiger partial charge in [-0.25, -0.2) is 9.07 Å². The number of aliphatic hydroxyl groups is 2. The average Bonchev–Trinajstić information content (AvgIpc) is 2.94. The zero-order valence-corrected chi connectivity index (χ0v) is 11.1. The highest BCUT2D eigenvalue weighted by Gasteiger charge is 2.08. The van der Waals surface area contributed by atoms with E-state index >= 15 is 0 Å². The van der Waals surface area contributed by atoms with Crippen LogP contribution in [0.4, 0.5) is 10.1 Å². The van der Waals surface area contributed by atoms with E-state index in [0.29, 0.717) is 5.69 Å². The Kier molecular flexibility index (Phi) is 4.65. The largest absolute Gasteiger partial charge is 0.394 e. The molecule has 1 atom stereocenters. The molecule has 0 aliphatic heterocycles. The molecule has 7 heteroatoms. The number of aromatic nitrogens is 3. The number of rotatable bonds is 6. The molecule has 2 aromatic rings. The predicted molar refractivity (Wildman–Crippen MR) is 72.3 cm³/mol. The minimum absolute atomic E-state index is 0.0794. The highest BCUT2D eigenvalue weighted by Crippen LogP contribution is 2.18. The zero-order valence-electron chi connectivity index (χ0n) is 11.1. The van der Waals surface area contributed by atoms with E-state index in [1.807, 2.05) is 6.92 Å². The molecule has 0 aliphatic carbocycles. The lowest BCUT2D eigenvalue weighted by molar-refractivity contribution is 0.105. The van der Waals surface area contributed by atoms with Crippen LogP contribution in [0.5, 0.6) is 0 Å². The van der Waals surface area contributed by atoms with Crippen molar-refractivity contribution < 1.29 is 14.6 Å². The van der Waals surface area contributed by atoms with Crippen LogP contribution < -0.4 is 5.32 Å². The van der Waals surface area contributed by atoms with E-state index in [4.69, 9.17) is 5.11 Å². The third-order valence-electron chi connectivity index (χ3n) is 2.86. The maximum Gasteiger partial charge on any atom is 0.148 e. The topological polar surface area (TPSA) is 83.2 Å². The molecule has 1 unspecified atom stereocenters. The molecule has 1 heterocycles. The van der Waals surface area contributed by atoms with E-state index in [1.165, 1.54) is 10.7 Å². The van der Waals surface area contributed by atoms with Gasteiger partial charge in [0.15, 0.2) is 0 Å². The highest BCUT2D eigenvalue weighted by molar-refractivity contribution is 5.50. The maximum absolute atomic E-state index is 13.9. The first-order valence-corrected chi connectivity index (χ1v) is 6.38. The Balaban J connectivity index is 2.12. The van der Waals surface area contributed by atoms with Gasteiger partial charge in [0, 0.05) is 12.6 Å². The van der Waals surface area contributed by atoms with Crippen molar-refractivity contribution in [1.29, 1.82) is 0 Å². The minimum atomic E-state index is -0.920. The van der Waals surface area contributed by atoms with Crippen LogP contribution >= 0.6 is 0 Å². The number of halogens is 1. The van der Waals surface area contributed by atoms with Gasteiger partial charge in [-0.2, -0.15) is 0 Å². The lowest BCUT2D eigenvalue weighted by Gasteiger charge is -2.11. The first-order chi connectivity index (χ1) is 9.63. The number of aliphatic hydroxyl groups excluding tert-OH is 2. The van der Waals surface area contributed by atoms with Crippen LogP contribution in [0.25, 0.3) is 5.69 Å². The van der Waals surface area contributed by atoms with Gasteiger partial charge in [0.1, 0.15) is 5.82 Å². The first-order valence-electron chi connectivity index (χ1n) is 6.38. The molecule has 0 fully saturated rings. The van der Waals surface area contributed by atoms with Gasteiger partial charge in [0.05, 0.1) is 36.0 Å². The maximum atomic E-state index is 13.9. The molecule has 6 nitrogen and oxygen atoms in total. The second-order valence-corrected chi connectivity index (χ2v) is 4.39. The summed E-state index contributed by atoms with van der Waals surface area (Å²) in [6.45, 7) is 1.68. The van der Waals surface area contributed by atoms with E-state index < -0.39 is 11.9 Å². The molecule has 2 rings (SSSR count). The minimum Gasteiger partial charge on any atom is -0.394 e. The number of hydrogen-bond acceptors (Lipinski definition) is 5. The van der Waals surface area contributed by atoms with Crippen molar-refractivity contribution in [1.82, 2.24) is 15.0 Å². The van der Waals surface area contributed by atoms with Crippen molar-refractivity contribution in [3.63, 3.8) is 0 Å². The first kappa shape index (κ1) is 14.4. The van der Waals surface area contributed by atoms with Crippen molar-refractivity contribution in [2.45, 2.75) is 19.4 Å². The number of hydrogen-bond donors (Lipinski definition) is 3. The van der Waals surface area contributed by atoms with E-state index in [1.54, 1.807) is 18.3 Å². The quantitative estimate of drug-likeness (QED) is 0.726. The lowest BCUT2D eigenvalue weighted by atomic mass is 10.2. The average molecular weight is 280 g/mol. The summed E-state index contributed by atoms with van der Waals surface area (Å²) in [6, 6.07) is 4.59. The number of aryl methyl sites for hydroxylation is 1. The van der Waals surface area contributed by atoms with Gasteiger partial charge in [-0.1, -0.05) is 12.1 Å². The van der Waals surface area contributed by atoms with Crippen molar-refractivity contribution >= 4 is 5.69 Å². The normalized spacial score (nSPS) is 12.4. The summed E-state index contributed by atoms with van der Waals surface area (Å²) in [5.41, 5.74) is 1.67. The van der Waals surface area contributed by atoms with E-state index in [0.717, 1.165) is 12.1 Å². The Bertz CT molecular complexity index is 573. The number of nitrogens with one attached hydrogen (secondary N) is 1. The second-order valence-electron chi connectivity index (χ2n) is 4.39. The molecule has 0 bridgehead atoms. The summed E-state index contributed by atoms with van der Waals surface area (Å²) in [4.78, 5) is 0. The van der Waals surface area contributed by atoms with Crippen LogP contribution in [0.2, 0.25) is 0 Å². The van der Waals surface area contributed by atoms with Gasteiger partial charge in [-0.05, 0) is 18.6 Å². The standard InChI is InChI=1S/C13H17FN4O2/c1-2-9-7-18(17-16-9)10-3-4-13(12(14)5-10)15-6-11(20)8-19/h3-5,7,11,15,19-20H,2,6,8H2,1H3. The fourth-order valence-corrected chi connectivity index (χ4v) is 1.67. The molecule has 1 aromatic heterocycles. The summed E-state index contributed by atoms with van der Waals surface area (Å²) in [7, 11) is 0. The van der Waals surface area contributed by atoms with Crippen LogP contribution in [0.3, 0.4) is 0 Å². The van der Waals surface area contributed by atoms with E-state index in [2.05, 4.69) is 15.6 Å². The summed E-state index contributed by atoms with van der Waals surface area (Å²) in [5.74, 6) is -0.457. The number of anilines is 1. The Labute approximate surface area is 115 Å². The molecule has 108 valence electrons. The fraction of sp³-hybridized carbons (Fsp3) is 0.385. The van der Waals surface area contributed by atoms with Crippen LogP contribution in [0.1, 0.15) is 12.6 Å². The lowest BCUT2D eigenvalue weighted by Crippen LogP contribution is -2.23. The molecule has 0 radical (unpaired) electrons.